The average Bonchev–Trinajstić information content (AvgIpc) is 2.44. The molecule has 0 saturated heterocycles. The van der Waals surface area contributed by atoms with Gasteiger partial charge in [-0.1, -0.05) is 34.6 Å². The van der Waals surface area contributed by atoms with Gasteiger partial charge in [0.05, 0.1) is 12.8 Å². The molecule has 1 rings (SSSR count). The zero-order chi connectivity index (χ0) is 14.8. The minimum Gasteiger partial charge on any atom is -0.399 e. The van der Waals surface area contributed by atoms with Gasteiger partial charge in [-0.05, 0) is 13.8 Å². The summed E-state index contributed by atoms with van der Waals surface area (Å²) in [4.78, 5) is 19.6. The Kier molecular flexibility index (Phi) is 7.31. The van der Waals surface area contributed by atoms with Crippen molar-refractivity contribution in [3.8, 4) is 0 Å². The Labute approximate surface area is 118 Å². The number of rotatable bonds is 8. The van der Waals surface area contributed by atoms with Crippen LogP contribution in [0.5, 0.6) is 0 Å². The van der Waals surface area contributed by atoms with Crippen molar-refractivity contribution in [1.29, 1.82) is 0 Å². The summed E-state index contributed by atoms with van der Waals surface area (Å²) in [6.07, 6.45) is 0. The SMILES string of the molecule is CO/N=C(/COOC)c1ccccc1CON=C(C)C. The highest BCUT2D eigenvalue weighted by atomic mass is 17.2. The smallest absolute Gasteiger partial charge is 0.142 e. The predicted octanol–water partition coefficient (Wildman–Crippen LogP) is 2.53. The van der Waals surface area contributed by atoms with E-state index in [4.69, 9.17) is 14.6 Å². The highest BCUT2D eigenvalue weighted by Gasteiger charge is 2.11. The van der Waals surface area contributed by atoms with Crippen molar-refractivity contribution >= 4 is 11.4 Å². The topological polar surface area (TPSA) is 61.6 Å². The van der Waals surface area contributed by atoms with Crippen LogP contribution in [-0.2, 0) is 26.1 Å². The fourth-order valence-electron chi connectivity index (χ4n) is 1.54. The van der Waals surface area contributed by atoms with E-state index in [0.29, 0.717) is 12.3 Å². The molecule has 0 amide bonds. The second-order valence-electron chi connectivity index (χ2n) is 4.12. The number of hydrogen-bond donors (Lipinski definition) is 0. The molecule has 0 unspecified atom stereocenters. The van der Waals surface area contributed by atoms with Crippen molar-refractivity contribution in [2.45, 2.75) is 20.5 Å². The molecule has 0 radical (unpaired) electrons. The van der Waals surface area contributed by atoms with Gasteiger partial charge in [0.2, 0.25) is 0 Å². The van der Waals surface area contributed by atoms with Crippen molar-refractivity contribution in [3.63, 3.8) is 0 Å². The van der Waals surface area contributed by atoms with E-state index < -0.39 is 0 Å². The summed E-state index contributed by atoms with van der Waals surface area (Å²) in [7, 11) is 2.93. The monoisotopic (exact) mass is 280 g/mol. The van der Waals surface area contributed by atoms with E-state index in [9.17, 15) is 0 Å². The lowest BCUT2D eigenvalue weighted by molar-refractivity contribution is -0.259. The van der Waals surface area contributed by atoms with Gasteiger partial charge < -0.3 is 9.68 Å². The van der Waals surface area contributed by atoms with E-state index in [1.807, 2.05) is 38.1 Å². The van der Waals surface area contributed by atoms with Crippen molar-refractivity contribution in [3.05, 3.63) is 35.4 Å². The molecule has 0 fully saturated rings. The third-order valence-electron chi connectivity index (χ3n) is 2.31. The molecular formula is C14H20N2O4. The van der Waals surface area contributed by atoms with Crippen LogP contribution >= 0.6 is 0 Å². The van der Waals surface area contributed by atoms with Crippen LogP contribution in [-0.4, -0.2) is 32.2 Å². The van der Waals surface area contributed by atoms with Crippen molar-refractivity contribution < 1.29 is 19.5 Å². The second kappa shape index (κ2) is 9.06. The zero-order valence-corrected chi connectivity index (χ0v) is 12.3. The maximum absolute atomic E-state index is 5.27. The lowest BCUT2D eigenvalue weighted by Gasteiger charge is -2.10. The first-order valence-corrected chi connectivity index (χ1v) is 6.16. The van der Waals surface area contributed by atoms with Crippen LogP contribution in [0, 0.1) is 0 Å². The molecule has 6 nitrogen and oxygen atoms in total. The van der Waals surface area contributed by atoms with Crippen LogP contribution in [0.1, 0.15) is 25.0 Å². The van der Waals surface area contributed by atoms with Gasteiger partial charge in [0.15, 0.2) is 0 Å². The minimum absolute atomic E-state index is 0.178. The average molecular weight is 280 g/mol. The molecule has 6 heteroatoms. The maximum Gasteiger partial charge on any atom is 0.142 e. The third-order valence-corrected chi connectivity index (χ3v) is 2.31. The van der Waals surface area contributed by atoms with Crippen molar-refractivity contribution in [2.24, 2.45) is 10.3 Å². The van der Waals surface area contributed by atoms with Gasteiger partial charge in [0.1, 0.15) is 26.0 Å². The molecule has 0 bridgehead atoms. The van der Waals surface area contributed by atoms with Gasteiger partial charge in [-0.15, -0.1) is 0 Å². The van der Waals surface area contributed by atoms with Crippen LogP contribution in [0.3, 0.4) is 0 Å². The first-order valence-electron chi connectivity index (χ1n) is 6.16. The van der Waals surface area contributed by atoms with Gasteiger partial charge in [-0.25, -0.2) is 9.78 Å². The Morgan fingerprint density at radius 2 is 1.85 bits per heavy atom. The number of nitrogens with zero attached hydrogens (tertiary/aromatic N) is 2. The van der Waals surface area contributed by atoms with Crippen LogP contribution in [0.25, 0.3) is 0 Å². The summed E-state index contributed by atoms with van der Waals surface area (Å²) in [5.41, 5.74) is 3.28. The normalized spacial score (nSPS) is 11.1. The quantitative estimate of drug-likeness (QED) is 0.417. The molecule has 0 atom stereocenters. The molecule has 110 valence electrons. The lowest BCUT2D eigenvalue weighted by atomic mass is 10.0. The molecule has 0 spiro atoms. The van der Waals surface area contributed by atoms with Crippen LogP contribution in [0.15, 0.2) is 34.6 Å². The summed E-state index contributed by atoms with van der Waals surface area (Å²) < 4.78 is 0. The molecule has 0 heterocycles. The molecular weight excluding hydrogens is 260 g/mol. The van der Waals surface area contributed by atoms with Crippen LogP contribution < -0.4 is 0 Å². The first-order chi connectivity index (χ1) is 9.69. The summed E-state index contributed by atoms with van der Waals surface area (Å²) in [5.74, 6) is 0. The van der Waals surface area contributed by atoms with Gasteiger partial charge in [-0.2, -0.15) is 0 Å². The summed E-state index contributed by atoms with van der Waals surface area (Å²) in [5, 5.41) is 7.87. The molecule has 0 aliphatic heterocycles. The van der Waals surface area contributed by atoms with Crippen LogP contribution in [0.4, 0.5) is 0 Å². The fraction of sp³-hybridized carbons (Fsp3) is 0.429. The number of oxime groups is 2. The van der Waals surface area contributed by atoms with E-state index in [-0.39, 0.29) is 6.61 Å². The molecule has 1 aromatic rings. The highest BCUT2D eigenvalue weighted by Crippen LogP contribution is 2.13. The first kappa shape index (κ1) is 16.1. The molecule has 0 saturated carbocycles. The van der Waals surface area contributed by atoms with E-state index in [1.54, 1.807) is 0 Å². The van der Waals surface area contributed by atoms with Crippen molar-refractivity contribution in [2.75, 3.05) is 20.8 Å². The summed E-state index contributed by atoms with van der Waals surface area (Å²) in [6, 6.07) is 7.68. The summed E-state index contributed by atoms with van der Waals surface area (Å²) >= 11 is 0. The molecule has 0 aliphatic carbocycles. The number of hydrogen-bond acceptors (Lipinski definition) is 6. The van der Waals surface area contributed by atoms with E-state index in [1.165, 1.54) is 14.2 Å². The molecule has 0 aromatic heterocycles. The molecule has 0 N–H and O–H groups in total. The van der Waals surface area contributed by atoms with Crippen LogP contribution in [0.2, 0.25) is 0 Å². The van der Waals surface area contributed by atoms with Gasteiger partial charge in [-0.3, -0.25) is 0 Å². The Hall–Kier alpha value is -1.92. The standard InChI is InChI=1S/C14H20N2O4/c1-11(2)15-19-9-12-7-5-6-8-13(12)14(16-17-3)10-20-18-4/h5-8H,9-10H2,1-4H3/b16-14-. The lowest BCUT2D eigenvalue weighted by Crippen LogP contribution is -2.13. The summed E-state index contributed by atoms with van der Waals surface area (Å²) in [6.45, 7) is 4.26. The molecule has 0 aliphatic rings. The Morgan fingerprint density at radius 1 is 1.10 bits per heavy atom. The van der Waals surface area contributed by atoms with Gasteiger partial charge in [0.25, 0.3) is 0 Å². The largest absolute Gasteiger partial charge is 0.399 e. The Bertz CT molecular complexity index is 468. The third kappa shape index (κ3) is 5.38. The van der Waals surface area contributed by atoms with Gasteiger partial charge >= 0.3 is 0 Å². The fourth-order valence-corrected chi connectivity index (χ4v) is 1.54. The van der Waals surface area contributed by atoms with E-state index >= 15 is 0 Å². The zero-order valence-electron chi connectivity index (χ0n) is 12.3. The van der Waals surface area contributed by atoms with Crippen molar-refractivity contribution in [1.82, 2.24) is 0 Å². The highest BCUT2D eigenvalue weighted by molar-refractivity contribution is 6.02. The molecule has 1 aromatic carbocycles. The minimum atomic E-state index is 0.178. The van der Waals surface area contributed by atoms with E-state index in [0.717, 1.165) is 16.8 Å². The van der Waals surface area contributed by atoms with Gasteiger partial charge in [0, 0.05) is 11.1 Å². The predicted molar refractivity (Wildman–Crippen MR) is 76.5 cm³/mol. The Morgan fingerprint density at radius 3 is 2.50 bits per heavy atom. The maximum atomic E-state index is 5.27. The Balaban J connectivity index is 2.91. The number of benzene rings is 1. The second-order valence-corrected chi connectivity index (χ2v) is 4.12. The van der Waals surface area contributed by atoms with E-state index in [2.05, 4.69) is 15.2 Å². The molecule has 20 heavy (non-hydrogen) atoms.